The van der Waals surface area contributed by atoms with Crippen LogP contribution in [0.4, 0.5) is 0 Å². The van der Waals surface area contributed by atoms with E-state index < -0.39 is 10.0 Å². The predicted molar refractivity (Wildman–Crippen MR) is 60.4 cm³/mol. The van der Waals surface area contributed by atoms with Gasteiger partial charge in [0.15, 0.2) is 0 Å². The second-order valence-corrected chi connectivity index (χ2v) is 5.11. The van der Waals surface area contributed by atoms with Gasteiger partial charge >= 0.3 is 0 Å². The van der Waals surface area contributed by atoms with Crippen molar-refractivity contribution < 1.29 is 8.42 Å². The predicted octanol–water partition coefficient (Wildman–Crippen LogP) is 0.449. The quantitative estimate of drug-likeness (QED) is 0.820. The zero-order valence-electron chi connectivity index (χ0n) is 8.27. The Labute approximate surface area is 98.9 Å². The molecule has 0 fully saturated rings. The standard InChI is InChI=1S/C9H10ClN3O2S/c10-9-5-8(2-1-7(9)6-12)16(14,15)13-4-3-11/h1-2,5,13H,3-4,11H2. The number of hydrogen-bond acceptors (Lipinski definition) is 4. The minimum absolute atomic E-state index is 0.0185. The lowest BCUT2D eigenvalue weighted by Crippen LogP contribution is -2.29. The normalized spacial score (nSPS) is 11.1. The molecule has 1 aromatic rings. The van der Waals surface area contributed by atoms with Gasteiger partial charge in [-0.1, -0.05) is 11.6 Å². The molecule has 0 heterocycles. The van der Waals surface area contributed by atoms with Crippen molar-refractivity contribution >= 4 is 21.6 Å². The molecule has 16 heavy (non-hydrogen) atoms. The Morgan fingerprint density at radius 1 is 1.50 bits per heavy atom. The molecule has 5 nitrogen and oxygen atoms in total. The van der Waals surface area contributed by atoms with Crippen molar-refractivity contribution in [1.82, 2.24) is 4.72 Å². The fourth-order valence-electron chi connectivity index (χ4n) is 1.03. The Balaban J connectivity index is 3.07. The molecule has 0 aliphatic carbocycles. The molecule has 0 unspecified atom stereocenters. The van der Waals surface area contributed by atoms with E-state index in [0.717, 1.165) is 0 Å². The SMILES string of the molecule is N#Cc1ccc(S(=O)(=O)NCCN)cc1Cl. The van der Waals surface area contributed by atoms with E-state index in [1.165, 1.54) is 18.2 Å². The Bertz CT molecular complexity index is 522. The third-order valence-electron chi connectivity index (χ3n) is 1.81. The average Bonchev–Trinajstić information content (AvgIpc) is 2.26. The van der Waals surface area contributed by atoms with E-state index in [2.05, 4.69) is 4.72 Å². The van der Waals surface area contributed by atoms with Crippen LogP contribution in [0.2, 0.25) is 5.02 Å². The summed E-state index contributed by atoms with van der Waals surface area (Å²) < 4.78 is 25.6. The molecule has 1 aromatic carbocycles. The summed E-state index contributed by atoms with van der Waals surface area (Å²) in [6.07, 6.45) is 0. The van der Waals surface area contributed by atoms with Crippen LogP contribution in [0, 0.1) is 11.3 Å². The minimum Gasteiger partial charge on any atom is -0.329 e. The summed E-state index contributed by atoms with van der Waals surface area (Å²) in [6, 6.07) is 5.77. The number of nitrogens with zero attached hydrogens (tertiary/aromatic N) is 1. The van der Waals surface area contributed by atoms with Crippen molar-refractivity contribution in [1.29, 1.82) is 5.26 Å². The van der Waals surface area contributed by atoms with Gasteiger partial charge in [-0.3, -0.25) is 0 Å². The number of benzene rings is 1. The number of nitrogens with one attached hydrogen (secondary N) is 1. The molecule has 0 aromatic heterocycles. The van der Waals surface area contributed by atoms with Crippen molar-refractivity contribution in [3.05, 3.63) is 28.8 Å². The fourth-order valence-corrected chi connectivity index (χ4v) is 2.39. The van der Waals surface area contributed by atoms with Gasteiger partial charge in [0.25, 0.3) is 0 Å². The van der Waals surface area contributed by atoms with Crippen molar-refractivity contribution in [3.63, 3.8) is 0 Å². The van der Waals surface area contributed by atoms with Crippen molar-refractivity contribution in [2.45, 2.75) is 4.90 Å². The third-order valence-corrected chi connectivity index (χ3v) is 3.58. The van der Waals surface area contributed by atoms with Crippen LogP contribution in [0.25, 0.3) is 0 Å². The lowest BCUT2D eigenvalue weighted by Gasteiger charge is -2.06. The lowest BCUT2D eigenvalue weighted by molar-refractivity contribution is 0.582. The van der Waals surface area contributed by atoms with E-state index in [-0.39, 0.29) is 28.6 Å². The van der Waals surface area contributed by atoms with E-state index in [1.807, 2.05) is 6.07 Å². The Kier molecular flexibility index (Phi) is 4.26. The van der Waals surface area contributed by atoms with Crippen LogP contribution in [0.3, 0.4) is 0 Å². The first-order valence-electron chi connectivity index (χ1n) is 4.40. The summed E-state index contributed by atoms with van der Waals surface area (Å²) in [6.45, 7) is 0.364. The molecule has 0 saturated heterocycles. The van der Waals surface area contributed by atoms with Crippen LogP contribution in [0.5, 0.6) is 0 Å². The van der Waals surface area contributed by atoms with Crippen LogP contribution in [-0.4, -0.2) is 21.5 Å². The highest BCUT2D eigenvalue weighted by Crippen LogP contribution is 2.19. The highest BCUT2D eigenvalue weighted by molar-refractivity contribution is 7.89. The molecule has 0 radical (unpaired) electrons. The molecule has 0 saturated carbocycles. The van der Waals surface area contributed by atoms with Crippen LogP contribution in [-0.2, 0) is 10.0 Å². The van der Waals surface area contributed by atoms with E-state index >= 15 is 0 Å². The van der Waals surface area contributed by atoms with Crippen LogP contribution >= 0.6 is 11.6 Å². The second-order valence-electron chi connectivity index (χ2n) is 2.94. The first-order chi connectivity index (χ1) is 7.51. The van der Waals surface area contributed by atoms with E-state index in [0.29, 0.717) is 0 Å². The molecule has 0 aliphatic heterocycles. The molecule has 86 valence electrons. The van der Waals surface area contributed by atoms with Crippen LogP contribution in [0.1, 0.15) is 5.56 Å². The monoisotopic (exact) mass is 259 g/mol. The molecule has 0 atom stereocenters. The molecule has 1 rings (SSSR count). The Hall–Kier alpha value is -1.13. The highest BCUT2D eigenvalue weighted by Gasteiger charge is 2.14. The molecule has 0 aliphatic rings. The largest absolute Gasteiger partial charge is 0.329 e. The number of nitrogens with two attached hydrogens (primary N) is 1. The molecular weight excluding hydrogens is 250 g/mol. The summed E-state index contributed by atoms with van der Waals surface area (Å²) in [5, 5.41) is 8.75. The first kappa shape index (κ1) is 12.9. The Morgan fingerprint density at radius 2 is 2.19 bits per heavy atom. The van der Waals surface area contributed by atoms with E-state index in [4.69, 9.17) is 22.6 Å². The smallest absolute Gasteiger partial charge is 0.240 e. The Morgan fingerprint density at radius 3 is 2.69 bits per heavy atom. The molecule has 0 bridgehead atoms. The number of nitriles is 1. The first-order valence-corrected chi connectivity index (χ1v) is 6.27. The maximum absolute atomic E-state index is 11.6. The van der Waals surface area contributed by atoms with Gasteiger partial charge in [0.1, 0.15) is 6.07 Å². The third kappa shape index (κ3) is 2.93. The molecule has 3 N–H and O–H groups in total. The summed E-state index contributed by atoms with van der Waals surface area (Å²) in [5.41, 5.74) is 5.43. The van der Waals surface area contributed by atoms with Gasteiger partial charge in [-0.25, -0.2) is 13.1 Å². The van der Waals surface area contributed by atoms with Gasteiger partial charge in [0, 0.05) is 13.1 Å². The van der Waals surface area contributed by atoms with Gasteiger partial charge in [-0.05, 0) is 18.2 Å². The highest BCUT2D eigenvalue weighted by atomic mass is 35.5. The topological polar surface area (TPSA) is 96.0 Å². The average molecular weight is 260 g/mol. The zero-order chi connectivity index (χ0) is 12.2. The van der Waals surface area contributed by atoms with Crippen molar-refractivity contribution in [2.24, 2.45) is 5.73 Å². The summed E-state index contributed by atoms with van der Waals surface area (Å²) in [7, 11) is -3.59. The lowest BCUT2D eigenvalue weighted by atomic mass is 10.2. The minimum atomic E-state index is -3.59. The summed E-state index contributed by atoms with van der Waals surface area (Å²) in [5.74, 6) is 0. The van der Waals surface area contributed by atoms with E-state index in [9.17, 15) is 8.42 Å². The number of halogens is 1. The second kappa shape index (κ2) is 5.27. The maximum Gasteiger partial charge on any atom is 0.240 e. The van der Waals surface area contributed by atoms with Gasteiger partial charge in [0.2, 0.25) is 10.0 Å². The van der Waals surface area contributed by atoms with E-state index in [1.54, 1.807) is 0 Å². The van der Waals surface area contributed by atoms with Gasteiger partial charge < -0.3 is 5.73 Å². The maximum atomic E-state index is 11.6. The summed E-state index contributed by atoms with van der Waals surface area (Å²) in [4.78, 5) is 0.0185. The number of hydrogen-bond donors (Lipinski definition) is 2. The zero-order valence-corrected chi connectivity index (χ0v) is 9.85. The number of rotatable bonds is 4. The van der Waals surface area contributed by atoms with Gasteiger partial charge in [-0.2, -0.15) is 5.26 Å². The van der Waals surface area contributed by atoms with Crippen LogP contribution in [0.15, 0.2) is 23.1 Å². The molecule has 0 spiro atoms. The van der Waals surface area contributed by atoms with Gasteiger partial charge in [-0.15, -0.1) is 0 Å². The van der Waals surface area contributed by atoms with Crippen molar-refractivity contribution in [3.8, 4) is 6.07 Å². The van der Waals surface area contributed by atoms with Crippen LogP contribution < -0.4 is 10.5 Å². The fraction of sp³-hybridized carbons (Fsp3) is 0.222. The summed E-state index contributed by atoms with van der Waals surface area (Å²) >= 11 is 5.73. The molecular formula is C9H10ClN3O2S. The molecule has 0 amide bonds. The molecule has 7 heteroatoms. The number of sulfonamides is 1. The van der Waals surface area contributed by atoms with Crippen molar-refractivity contribution in [2.75, 3.05) is 13.1 Å². The van der Waals surface area contributed by atoms with Gasteiger partial charge in [0.05, 0.1) is 15.5 Å².